The highest BCUT2D eigenvalue weighted by molar-refractivity contribution is 7.91. The molecule has 1 aliphatic heterocycles. The summed E-state index contributed by atoms with van der Waals surface area (Å²) in [6, 6.07) is 3.04. The SMILES string of the molecule is COC(=O)c1ccnc(N2CCS(=O)(=O)CC2C)c1. The summed E-state index contributed by atoms with van der Waals surface area (Å²) >= 11 is 0. The van der Waals surface area contributed by atoms with Gasteiger partial charge in [-0.1, -0.05) is 0 Å². The van der Waals surface area contributed by atoms with Gasteiger partial charge in [0.15, 0.2) is 9.84 Å². The summed E-state index contributed by atoms with van der Waals surface area (Å²) in [5.74, 6) is 0.393. The molecule has 6 nitrogen and oxygen atoms in total. The third-order valence-electron chi connectivity index (χ3n) is 3.13. The van der Waals surface area contributed by atoms with Crippen LogP contribution in [0.25, 0.3) is 0 Å². The van der Waals surface area contributed by atoms with Crippen molar-refractivity contribution >= 4 is 21.6 Å². The fourth-order valence-corrected chi connectivity index (χ4v) is 3.72. The van der Waals surface area contributed by atoms with Gasteiger partial charge in [-0.15, -0.1) is 0 Å². The van der Waals surface area contributed by atoms with Crippen molar-refractivity contribution in [3.8, 4) is 0 Å². The molecular weight excluding hydrogens is 268 g/mol. The molecule has 2 rings (SSSR count). The average molecular weight is 284 g/mol. The third kappa shape index (κ3) is 3.04. The van der Waals surface area contributed by atoms with Crippen LogP contribution in [-0.4, -0.2) is 50.6 Å². The Kier molecular flexibility index (Phi) is 3.75. The van der Waals surface area contributed by atoms with Gasteiger partial charge in [-0.05, 0) is 19.1 Å². The number of methoxy groups -OCH3 is 1. The molecule has 19 heavy (non-hydrogen) atoms. The molecule has 1 aromatic rings. The second kappa shape index (κ2) is 5.16. The first kappa shape index (κ1) is 13.8. The second-order valence-electron chi connectivity index (χ2n) is 4.55. The van der Waals surface area contributed by atoms with E-state index in [0.29, 0.717) is 17.9 Å². The van der Waals surface area contributed by atoms with E-state index in [1.165, 1.54) is 13.3 Å². The molecule has 1 saturated heterocycles. The Morgan fingerprint density at radius 2 is 2.26 bits per heavy atom. The predicted octanol–water partition coefficient (Wildman–Crippen LogP) is 0.492. The molecule has 0 amide bonds. The Labute approximate surface area is 112 Å². The molecular formula is C12H16N2O4S. The molecule has 1 aliphatic rings. The monoisotopic (exact) mass is 284 g/mol. The number of esters is 1. The van der Waals surface area contributed by atoms with Crippen LogP contribution in [0.2, 0.25) is 0 Å². The lowest BCUT2D eigenvalue weighted by Gasteiger charge is -2.34. The first-order chi connectivity index (χ1) is 8.93. The summed E-state index contributed by atoms with van der Waals surface area (Å²) in [6.45, 7) is 2.23. The summed E-state index contributed by atoms with van der Waals surface area (Å²) in [5, 5.41) is 0. The Bertz CT molecular complexity index is 585. The molecule has 1 fully saturated rings. The number of nitrogens with zero attached hydrogens (tertiary/aromatic N) is 2. The maximum absolute atomic E-state index is 11.5. The van der Waals surface area contributed by atoms with Crippen LogP contribution in [0.4, 0.5) is 5.82 Å². The maximum Gasteiger partial charge on any atom is 0.338 e. The van der Waals surface area contributed by atoms with E-state index in [0.717, 1.165) is 0 Å². The van der Waals surface area contributed by atoms with Crippen molar-refractivity contribution < 1.29 is 17.9 Å². The minimum absolute atomic E-state index is 0.108. The molecule has 0 radical (unpaired) electrons. The Morgan fingerprint density at radius 1 is 1.53 bits per heavy atom. The molecule has 0 N–H and O–H groups in total. The summed E-state index contributed by atoms with van der Waals surface area (Å²) in [7, 11) is -1.65. The van der Waals surface area contributed by atoms with Crippen LogP contribution < -0.4 is 4.90 Å². The van der Waals surface area contributed by atoms with Gasteiger partial charge in [0.2, 0.25) is 0 Å². The number of hydrogen-bond donors (Lipinski definition) is 0. The van der Waals surface area contributed by atoms with E-state index in [9.17, 15) is 13.2 Å². The number of carbonyl (C=O) groups is 1. The summed E-state index contributed by atoms with van der Waals surface area (Å²) < 4.78 is 27.7. The van der Waals surface area contributed by atoms with Gasteiger partial charge in [0.1, 0.15) is 5.82 Å². The number of aromatic nitrogens is 1. The van der Waals surface area contributed by atoms with Crippen molar-refractivity contribution in [2.45, 2.75) is 13.0 Å². The topological polar surface area (TPSA) is 76.6 Å². The van der Waals surface area contributed by atoms with E-state index in [1.54, 1.807) is 12.1 Å². The summed E-state index contributed by atoms with van der Waals surface area (Å²) in [5.41, 5.74) is 0.410. The van der Waals surface area contributed by atoms with E-state index >= 15 is 0 Å². The van der Waals surface area contributed by atoms with Gasteiger partial charge in [0.25, 0.3) is 0 Å². The van der Waals surface area contributed by atoms with Crippen molar-refractivity contribution in [2.75, 3.05) is 30.1 Å². The minimum atomic E-state index is -2.97. The molecule has 1 unspecified atom stereocenters. The maximum atomic E-state index is 11.5. The smallest absolute Gasteiger partial charge is 0.338 e. The Hall–Kier alpha value is -1.63. The molecule has 1 atom stereocenters. The highest BCUT2D eigenvalue weighted by Crippen LogP contribution is 2.20. The van der Waals surface area contributed by atoms with Gasteiger partial charge in [0.05, 0.1) is 24.2 Å². The van der Waals surface area contributed by atoms with Gasteiger partial charge in [-0.25, -0.2) is 18.2 Å². The Morgan fingerprint density at radius 3 is 2.89 bits per heavy atom. The molecule has 104 valence electrons. The summed E-state index contributed by atoms with van der Waals surface area (Å²) in [4.78, 5) is 17.6. The van der Waals surface area contributed by atoms with E-state index in [-0.39, 0.29) is 17.5 Å². The first-order valence-corrected chi connectivity index (χ1v) is 7.76. The second-order valence-corrected chi connectivity index (χ2v) is 6.78. The van der Waals surface area contributed by atoms with Crippen molar-refractivity contribution in [2.24, 2.45) is 0 Å². The van der Waals surface area contributed by atoms with E-state index in [2.05, 4.69) is 9.72 Å². The highest BCUT2D eigenvalue weighted by atomic mass is 32.2. The van der Waals surface area contributed by atoms with Gasteiger partial charge in [-0.2, -0.15) is 0 Å². The van der Waals surface area contributed by atoms with Crippen molar-refractivity contribution in [3.63, 3.8) is 0 Å². The Balaban J connectivity index is 2.25. The number of carbonyl (C=O) groups excluding carboxylic acids is 1. The minimum Gasteiger partial charge on any atom is -0.465 e. The zero-order chi connectivity index (χ0) is 14.0. The van der Waals surface area contributed by atoms with E-state index in [1.807, 2.05) is 11.8 Å². The molecule has 0 spiro atoms. The van der Waals surface area contributed by atoms with Crippen LogP contribution in [0.15, 0.2) is 18.3 Å². The van der Waals surface area contributed by atoms with Crippen LogP contribution in [0.1, 0.15) is 17.3 Å². The summed E-state index contributed by atoms with van der Waals surface area (Å²) in [6.07, 6.45) is 1.53. The van der Waals surface area contributed by atoms with Gasteiger partial charge >= 0.3 is 5.97 Å². The van der Waals surface area contributed by atoms with E-state index in [4.69, 9.17) is 0 Å². The van der Waals surface area contributed by atoms with Crippen molar-refractivity contribution in [1.82, 2.24) is 4.98 Å². The fourth-order valence-electron chi connectivity index (χ4n) is 2.16. The van der Waals surface area contributed by atoms with E-state index < -0.39 is 15.8 Å². The third-order valence-corrected chi connectivity index (χ3v) is 4.93. The van der Waals surface area contributed by atoms with Crippen molar-refractivity contribution in [3.05, 3.63) is 23.9 Å². The number of ether oxygens (including phenoxy) is 1. The molecule has 0 aromatic carbocycles. The fraction of sp³-hybridized carbons (Fsp3) is 0.500. The lowest BCUT2D eigenvalue weighted by Crippen LogP contribution is -2.47. The normalized spacial score (nSPS) is 22.0. The number of hydrogen-bond acceptors (Lipinski definition) is 6. The molecule has 0 bridgehead atoms. The number of anilines is 1. The van der Waals surface area contributed by atoms with Crippen LogP contribution in [0.5, 0.6) is 0 Å². The van der Waals surface area contributed by atoms with Crippen LogP contribution >= 0.6 is 0 Å². The lowest BCUT2D eigenvalue weighted by molar-refractivity contribution is 0.0600. The van der Waals surface area contributed by atoms with Gasteiger partial charge < -0.3 is 9.64 Å². The van der Waals surface area contributed by atoms with Crippen LogP contribution in [-0.2, 0) is 14.6 Å². The highest BCUT2D eigenvalue weighted by Gasteiger charge is 2.29. The molecule has 0 aliphatic carbocycles. The molecule has 2 heterocycles. The quantitative estimate of drug-likeness (QED) is 0.736. The lowest BCUT2D eigenvalue weighted by atomic mass is 10.2. The molecule has 7 heteroatoms. The number of sulfone groups is 1. The zero-order valence-corrected chi connectivity index (χ0v) is 11.7. The van der Waals surface area contributed by atoms with Gasteiger partial charge in [-0.3, -0.25) is 0 Å². The molecule has 0 saturated carbocycles. The number of rotatable bonds is 2. The number of pyridine rings is 1. The van der Waals surface area contributed by atoms with Crippen LogP contribution in [0, 0.1) is 0 Å². The van der Waals surface area contributed by atoms with Crippen LogP contribution in [0.3, 0.4) is 0 Å². The van der Waals surface area contributed by atoms with Crippen molar-refractivity contribution in [1.29, 1.82) is 0 Å². The molecule has 1 aromatic heterocycles. The van der Waals surface area contributed by atoms with Gasteiger partial charge in [0, 0.05) is 18.8 Å². The predicted molar refractivity (Wildman–Crippen MR) is 71.0 cm³/mol. The first-order valence-electron chi connectivity index (χ1n) is 5.94. The standard InChI is InChI=1S/C12H16N2O4S/c1-9-8-19(16,17)6-5-14(9)11-7-10(3-4-13-11)12(15)18-2/h3-4,7,9H,5-6,8H2,1-2H3. The zero-order valence-electron chi connectivity index (χ0n) is 10.9. The average Bonchev–Trinajstić information content (AvgIpc) is 2.37. The largest absolute Gasteiger partial charge is 0.465 e.